The van der Waals surface area contributed by atoms with Crippen LogP contribution < -0.4 is 10.2 Å². The summed E-state index contributed by atoms with van der Waals surface area (Å²) >= 11 is 5.92. The van der Waals surface area contributed by atoms with Gasteiger partial charge in [-0.3, -0.25) is 4.79 Å². The number of nitrogens with zero attached hydrogens (tertiary/aromatic N) is 2. The summed E-state index contributed by atoms with van der Waals surface area (Å²) < 4.78 is 5.11. The minimum Gasteiger partial charge on any atom is -0.445 e. The molecule has 1 N–H and O–H groups in total. The standard InChI is InChI=1S/C20H22ClN3O3/c21-17-6-8-18(9-7-17)23-10-12-24(13-11-23)19(25)14-22-20(26)27-15-16-4-2-1-3-5-16/h1-9H,10-15H2,(H,22,26). The predicted molar refractivity (Wildman–Crippen MR) is 105 cm³/mol. The molecule has 3 rings (SSSR count). The van der Waals surface area contributed by atoms with E-state index < -0.39 is 6.09 Å². The molecule has 0 radical (unpaired) electrons. The summed E-state index contributed by atoms with van der Waals surface area (Å²) in [5.41, 5.74) is 1.99. The average Bonchev–Trinajstić information content (AvgIpc) is 2.72. The monoisotopic (exact) mass is 387 g/mol. The highest BCUT2D eigenvalue weighted by atomic mass is 35.5. The number of hydrogen-bond acceptors (Lipinski definition) is 4. The third kappa shape index (κ3) is 5.62. The van der Waals surface area contributed by atoms with Gasteiger partial charge in [0.05, 0.1) is 0 Å². The number of halogens is 1. The lowest BCUT2D eigenvalue weighted by atomic mass is 10.2. The Morgan fingerprint density at radius 2 is 1.63 bits per heavy atom. The topological polar surface area (TPSA) is 61.9 Å². The minimum absolute atomic E-state index is 0.0609. The van der Waals surface area contributed by atoms with Gasteiger partial charge in [0.15, 0.2) is 0 Å². The number of piperazine rings is 1. The number of amides is 2. The van der Waals surface area contributed by atoms with Crippen LogP contribution in [0.15, 0.2) is 54.6 Å². The lowest BCUT2D eigenvalue weighted by Gasteiger charge is -2.36. The predicted octanol–water partition coefficient (Wildman–Crippen LogP) is 2.92. The van der Waals surface area contributed by atoms with Crippen LogP contribution in [0.3, 0.4) is 0 Å². The van der Waals surface area contributed by atoms with E-state index in [1.165, 1.54) is 0 Å². The van der Waals surface area contributed by atoms with Crippen molar-refractivity contribution in [3.8, 4) is 0 Å². The SMILES string of the molecule is O=C(NCC(=O)N1CCN(c2ccc(Cl)cc2)CC1)OCc1ccccc1. The van der Waals surface area contributed by atoms with Gasteiger partial charge in [0.2, 0.25) is 5.91 Å². The molecular formula is C20H22ClN3O3. The molecule has 1 heterocycles. The molecule has 0 saturated carbocycles. The average molecular weight is 388 g/mol. The third-order valence-corrected chi connectivity index (χ3v) is 4.67. The molecule has 2 amide bonds. The smallest absolute Gasteiger partial charge is 0.407 e. The Balaban J connectivity index is 1.38. The van der Waals surface area contributed by atoms with Crippen LogP contribution in [0, 0.1) is 0 Å². The highest BCUT2D eigenvalue weighted by Gasteiger charge is 2.21. The van der Waals surface area contributed by atoms with E-state index in [1.807, 2.05) is 54.6 Å². The molecule has 1 saturated heterocycles. The summed E-state index contributed by atoms with van der Waals surface area (Å²) in [7, 11) is 0. The summed E-state index contributed by atoms with van der Waals surface area (Å²) in [6.45, 7) is 2.83. The fourth-order valence-corrected chi connectivity index (χ4v) is 3.03. The molecule has 0 aliphatic carbocycles. The van der Waals surface area contributed by atoms with Gasteiger partial charge >= 0.3 is 6.09 Å². The van der Waals surface area contributed by atoms with Gasteiger partial charge in [0.1, 0.15) is 13.2 Å². The van der Waals surface area contributed by atoms with Gasteiger partial charge in [-0.15, -0.1) is 0 Å². The van der Waals surface area contributed by atoms with E-state index in [0.29, 0.717) is 18.1 Å². The number of carbonyl (C=O) groups is 2. The first-order chi connectivity index (χ1) is 13.1. The molecule has 0 bridgehead atoms. The summed E-state index contributed by atoms with van der Waals surface area (Å²) in [6.07, 6.45) is -0.591. The first-order valence-electron chi connectivity index (χ1n) is 8.84. The van der Waals surface area contributed by atoms with Crippen LogP contribution in [0.5, 0.6) is 0 Å². The van der Waals surface area contributed by atoms with E-state index in [0.717, 1.165) is 24.3 Å². The lowest BCUT2D eigenvalue weighted by molar-refractivity contribution is -0.130. The van der Waals surface area contributed by atoms with Crippen molar-refractivity contribution in [2.24, 2.45) is 0 Å². The second-order valence-corrected chi connectivity index (χ2v) is 6.70. The molecule has 0 unspecified atom stereocenters. The van der Waals surface area contributed by atoms with E-state index in [4.69, 9.17) is 16.3 Å². The molecule has 1 fully saturated rings. The number of benzene rings is 2. The Hall–Kier alpha value is -2.73. The lowest BCUT2D eigenvalue weighted by Crippen LogP contribution is -2.51. The highest BCUT2D eigenvalue weighted by molar-refractivity contribution is 6.30. The largest absolute Gasteiger partial charge is 0.445 e. The number of anilines is 1. The molecule has 7 heteroatoms. The summed E-state index contributed by atoms with van der Waals surface area (Å²) in [5, 5.41) is 3.22. The molecule has 0 aromatic heterocycles. The Kier molecular flexibility index (Phi) is 6.54. The second-order valence-electron chi connectivity index (χ2n) is 6.26. The number of ether oxygens (including phenoxy) is 1. The van der Waals surface area contributed by atoms with Crippen molar-refractivity contribution < 1.29 is 14.3 Å². The Morgan fingerprint density at radius 3 is 2.30 bits per heavy atom. The molecule has 0 atom stereocenters. The van der Waals surface area contributed by atoms with Gasteiger partial charge in [-0.1, -0.05) is 41.9 Å². The first-order valence-corrected chi connectivity index (χ1v) is 9.22. The van der Waals surface area contributed by atoms with Crippen molar-refractivity contribution >= 4 is 29.3 Å². The van der Waals surface area contributed by atoms with Crippen LogP contribution in [0.25, 0.3) is 0 Å². The molecule has 1 aliphatic heterocycles. The van der Waals surface area contributed by atoms with Crippen molar-refractivity contribution in [2.45, 2.75) is 6.61 Å². The molecule has 2 aromatic carbocycles. The van der Waals surface area contributed by atoms with Gasteiger partial charge in [-0.05, 0) is 29.8 Å². The normalized spacial score (nSPS) is 14.0. The maximum Gasteiger partial charge on any atom is 0.407 e. The first kappa shape index (κ1) is 19.0. The van der Waals surface area contributed by atoms with Gasteiger partial charge in [0.25, 0.3) is 0 Å². The van der Waals surface area contributed by atoms with E-state index in [-0.39, 0.29) is 19.1 Å². The molecule has 0 spiro atoms. The number of alkyl carbamates (subject to hydrolysis) is 1. The molecule has 2 aromatic rings. The van der Waals surface area contributed by atoms with E-state index >= 15 is 0 Å². The zero-order valence-corrected chi connectivity index (χ0v) is 15.7. The maximum absolute atomic E-state index is 12.3. The van der Waals surface area contributed by atoms with Crippen molar-refractivity contribution in [3.05, 3.63) is 65.2 Å². The van der Waals surface area contributed by atoms with Gasteiger partial charge < -0.3 is 19.9 Å². The van der Waals surface area contributed by atoms with Crippen LogP contribution in [-0.4, -0.2) is 49.6 Å². The zero-order chi connectivity index (χ0) is 19.1. The third-order valence-electron chi connectivity index (χ3n) is 4.42. The second kappa shape index (κ2) is 9.28. The van der Waals surface area contributed by atoms with E-state index in [1.54, 1.807) is 4.90 Å². The zero-order valence-electron chi connectivity index (χ0n) is 14.9. The summed E-state index contributed by atoms with van der Waals surface area (Å²) in [5.74, 6) is -0.109. The Bertz CT molecular complexity index is 760. The van der Waals surface area contributed by atoms with Gasteiger partial charge in [-0.25, -0.2) is 4.79 Å². The quantitative estimate of drug-likeness (QED) is 0.856. The van der Waals surface area contributed by atoms with Crippen LogP contribution in [0.2, 0.25) is 5.02 Å². The van der Waals surface area contributed by atoms with Crippen molar-refractivity contribution in [1.29, 1.82) is 0 Å². The Morgan fingerprint density at radius 1 is 0.963 bits per heavy atom. The Labute approximate surface area is 163 Å². The van der Waals surface area contributed by atoms with Crippen LogP contribution in [0.1, 0.15) is 5.56 Å². The van der Waals surface area contributed by atoms with Crippen LogP contribution in [0.4, 0.5) is 10.5 Å². The molecule has 27 heavy (non-hydrogen) atoms. The van der Waals surface area contributed by atoms with E-state index in [9.17, 15) is 9.59 Å². The molecule has 142 valence electrons. The van der Waals surface area contributed by atoms with Gasteiger partial charge in [-0.2, -0.15) is 0 Å². The van der Waals surface area contributed by atoms with Gasteiger partial charge in [0, 0.05) is 36.9 Å². The molecule has 6 nitrogen and oxygen atoms in total. The maximum atomic E-state index is 12.3. The van der Waals surface area contributed by atoms with Crippen molar-refractivity contribution in [2.75, 3.05) is 37.6 Å². The fraction of sp³-hybridized carbons (Fsp3) is 0.300. The van der Waals surface area contributed by atoms with Crippen molar-refractivity contribution in [1.82, 2.24) is 10.2 Å². The number of nitrogens with one attached hydrogen (secondary N) is 1. The fourth-order valence-electron chi connectivity index (χ4n) is 2.90. The number of hydrogen-bond donors (Lipinski definition) is 1. The van der Waals surface area contributed by atoms with E-state index in [2.05, 4.69) is 10.2 Å². The van der Waals surface area contributed by atoms with Crippen LogP contribution >= 0.6 is 11.6 Å². The summed E-state index contributed by atoms with van der Waals surface area (Å²) in [4.78, 5) is 28.0. The van der Waals surface area contributed by atoms with Crippen molar-refractivity contribution in [3.63, 3.8) is 0 Å². The minimum atomic E-state index is -0.591. The number of rotatable bonds is 5. The molecule has 1 aliphatic rings. The molecular weight excluding hydrogens is 366 g/mol. The van der Waals surface area contributed by atoms with Crippen LogP contribution in [-0.2, 0) is 16.1 Å². The summed E-state index contributed by atoms with van der Waals surface area (Å²) in [6, 6.07) is 17.1. The number of carbonyl (C=O) groups excluding carboxylic acids is 2. The highest BCUT2D eigenvalue weighted by Crippen LogP contribution is 2.19.